The Bertz CT molecular complexity index is 461. The predicted molar refractivity (Wildman–Crippen MR) is 61.5 cm³/mol. The van der Waals surface area contributed by atoms with E-state index < -0.39 is 24.5 Å². The summed E-state index contributed by atoms with van der Waals surface area (Å²) in [6.07, 6.45) is 3.15. The van der Waals surface area contributed by atoms with Crippen LogP contribution in [-0.2, 0) is 0 Å². The Morgan fingerprint density at radius 1 is 1.24 bits per heavy atom. The third-order valence-electron chi connectivity index (χ3n) is 2.73. The topological polar surface area (TPSA) is 37.4 Å². The molecule has 1 aliphatic heterocycles. The van der Waals surface area contributed by atoms with Gasteiger partial charge in [-0.15, -0.1) is 0 Å². The fraction of sp³-hybridized carbons (Fsp3) is 0.231. The minimum atomic E-state index is -0.813. The summed E-state index contributed by atoms with van der Waals surface area (Å²) in [5, 5.41) is 0. The summed E-state index contributed by atoms with van der Waals surface area (Å²) in [6.45, 7) is 0.955. The summed E-state index contributed by atoms with van der Waals surface area (Å²) in [5.74, 6) is -0.849. The number of alkyl halides is 1. The predicted octanol–water partition coefficient (Wildman–Crippen LogP) is 2.20. The first-order valence-electron chi connectivity index (χ1n) is 5.36. The van der Waals surface area contributed by atoms with E-state index in [9.17, 15) is 14.0 Å². The van der Waals surface area contributed by atoms with Crippen LogP contribution in [0.15, 0.2) is 36.4 Å². The highest BCUT2D eigenvalue weighted by Crippen LogP contribution is 2.24. The maximum Gasteiger partial charge on any atom is 0.262 e. The number of carbonyl (C=O) groups is 2. The fourth-order valence-corrected chi connectivity index (χ4v) is 1.94. The third-order valence-corrected chi connectivity index (χ3v) is 2.73. The van der Waals surface area contributed by atoms with Gasteiger partial charge >= 0.3 is 0 Å². The Morgan fingerprint density at radius 2 is 1.76 bits per heavy atom. The molecule has 2 rings (SSSR count). The molecule has 17 heavy (non-hydrogen) atoms. The van der Waals surface area contributed by atoms with Crippen LogP contribution in [0.1, 0.15) is 27.6 Å². The number of amides is 2. The van der Waals surface area contributed by atoms with E-state index in [1.165, 1.54) is 6.08 Å². The smallest absolute Gasteiger partial charge is 0.262 e. The fourth-order valence-electron chi connectivity index (χ4n) is 1.94. The first-order valence-corrected chi connectivity index (χ1v) is 5.36. The van der Waals surface area contributed by atoms with Crippen molar-refractivity contribution >= 4 is 11.8 Å². The lowest BCUT2D eigenvalue weighted by molar-refractivity contribution is 0.0596. The monoisotopic (exact) mass is 233 g/mol. The molecule has 1 aliphatic rings. The number of allylic oxidation sites excluding steroid dienone is 1. The summed E-state index contributed by atoms with van der Waals surface area (Å²) in [5.41, 5.74) is 0.695. The van der Waals surface area contributed by atoms with Gasteiger partial charge in [-0.2, -0.15) is 0 Å². The quantitative estimate of drug-likeness (QED) is 0.593. The first kappa shape index (κ1) is 11.5. The van der Waals surface area contributed by atoms with E-state index in [2.05, 4.69) is 0 Å². The average molecular weight is 233 g/mol. The number of hydrogen-bond acceptors (Lipinski definition) is 2. The molecule has 4 heteroatoms. The van der Waals surface area contributed by atoms with E-state index in [0.717, 1.165) is 4.90 Å². The summed E-state index contributed by atoms with van der Waals surface area (Å²) in [6, 6.07) is 5.73. The van der Waals surface area contributed by atoms with Gasteiger partial charge in [-0.25, -0.2) is 4.39 Å². The van der Waals surface area contributed by atoms with Crippen molar-refractivity contribution in [3.63, 3.8) is 0 Å². The van der Waals surface area contributed by atoms with Crippen molar-refractivity contribution in [3.8, 4) is 0 Å². The van der Waals surface area contributed by atoms with Gasteiger partial charge in [-0.05, 0) is 19.1 Å². The van der Waals surface area contributed by atoms with E-state index in [-0.39, 0.29) is 0 Å². The van der Waals surface area contributed by atoms with Crippen LogP contribution in [-0.4, -0.2) is 29.4 Å². The SMILES string of the molecule is C/C=C/[C@H](CF)N1C(=O)c2ccccc2C1=O. The summed E-state index contributed by atoms with van der Waals surface area (Å²) in [4.78, 5) is 25.0. The van der Waals surface area contributed by atoms with Gasteiger partial charge < -0.3 is 0 Å². The first-order chi connectivity index (χ1) is 8.20. The molecule has 1 aromatic rings. The summed E-state index contributed by atoms with van der Waals surface area (Å²) >= 11 is 0. The highest BCUT2D eigenvalue weighted by molar-refractivity contribution is 6.21. The zero-order chi connectivity index (χ0) is 12.4. The molecule has 0 aliphatic carbocycles. The lowest BCUT2D eigenvalue weighted by atomic mass is 10.1. The molecule has 0 bridgehead atoms. The number of nitrogens with zero attached hydrogens (tertiary/aromatic N) is 1. The van der Waals surface area contributed by atoms with Crippen LogP contribution in [0.25, 0.3) is 0 Å². The molecule has 0 N–H and O–H groups in total. The van der Waals surface area contributed by atoms with Gasteiger partial charge in [0.25, 0.3) is 11.8 Å². The molecule has 0 spiro atoms. The molecular formula is C13H12FNO2. The lowest BCUT2D eigenvalue weighted by Gasteiger charge is -2.20. The van der Waals surface area contributed by atoms with Crippen LogP contribution in [0.5, 0.6) is 0 Å². The summed E-state index contributed by atoms with van der Waals surface area (Å²) in [7, 11) is 0. The molecule has 88 valence electrons. The van der Waals surface area contributed by atoms with Crippen molar-refractivity contribution in [2.75, 3.05) is 6.67 Å². The van der Waals surface area contributed by atoms with Crippen LogP contribution in [0.3, 0.4) is 0 Å². The molecular weight excluding hydrogens is 221 g/mol. The number of hydrogen-bond donors (Lipinski definition) is 0. The van der Waals surface area contributed by atoms with Gasteiger partial charge in [0.1, 0.15) is 6.67 Å². The van der Waals surface area contributed by atoms with Crippen LogP contribution >= 0.6 is 0 Å². The Labute approximate surface area is 98.5 Å². The minimum absolute atomic E-state index is 0.348. The number of imide groups is 1. The molecule has 1 heterocycles. The third kappa shape index (κ3) is 1.75. The molecule has 0 saturated carbocycles. The second kappa shape index (κ2) is 4.49. The van der Waals surface area contributed by atoms with Crippen molar-refractivity contribution in [1.82, 2.24) is 4.90 Å². The van der Waals surface area contributed by atoms with Crippen LogP contribution in [0.2, 0.25) is 0 Å². The Morgan fingerprint density at radius 3 is 2.18 bits per heavy atom. The molecule has 0 unspecified atom stereocenters. The number of benzene rings is 1. The molecule has 2 amide bonds. The van der Waals surface area contributed by atoms with Crippen LogP contribution in [0.4, 0.5) is 4.39 Å². The maximum atomic E-state index is 12.9. The number of halogens is 1. The van der Waals surface area contributed by atoms with Crippen molar-refractivity contribution in [2.24, 2.45) is 0 Å². The van der Waals surface area contributed by atoms with Gasteiger partial charge in [0, 0.05) is 0 Å². The van der Waals surface area contributed by atoms with E-state index in [0.29, 0.717) is 11.1 Å². The van der Waals surface area contributed by atoms with Gasteiger partial charge in [0.2, 0.25) is 0 Å². The van der Waals surface area contributed by atoms with Crippen LogP contribution in [0, 0.1) is 0 Å². The second-order valence-electron chi connectivity index (χ2n) is 3.77. The van der Waals surface area contributed by atoms with Gasteiger partial charge in [0.05, 0.1) is 17.2 Å². The van der Waals surface area contributed by atoms with Crippen molar-refractivity contribution in [1.29, 1.82) is 0 Å². The number of rotatable bonds is 3. The Kier molecular flexibility index (Phi) is 3.04. The molecule has 0 fully saturated rings. The summed E-state index contributed by atoms with van der Waals surface area (Å²) < 4.78 is 12.9. The lowest BCUT2D eigenvalue weighted by Crippen LogP contribution is -2.40. The van der Waals surface area contributed by atoms with Crippen molar-refractivity contribution in [2.45, 2.75) is 13.0 Å². The van der Waals surface area contributed by atoms with Gasteiger partial charge in [-0.3, -0.25) is 14.5 Å². The van der Waals surface area contributed by atoms with E-state index in [1.54, 1.807) is 37.3 Å². The number of carbonyl (C=O) groups excluding carboxylic acids is 2. The van der Waals surface area contributed by atoms with Crippen molar-refractivity contribution in [3.05, 3.63) is 47.5 Å². The molecule has 0 aromatic heterocycles. The van der Waals surface area contributed by atoms with E-state index >= 15 is 0 Å². The largest absolute Gasteiger partial charge is 0.269 e. The normalized spacial score (nSPS) is 16.7. The zero-order valence-electron chi connectivity index (χ0n) is 9.39. The Hall–Kier alpha value is -1.97. The van der Waals surface area contributed by atoms with E-state index in [1.807, 2.05) is 0 Å². The van der Waals surface area contributed by atoms with E-state index in [4.69, 9.17) is 0 Å². The van der Waals surface area contributed by atoms with Crippen molar-refractivity contribution < 1.29 is 14.0 Å². The highest BCUT2D eigenvalue weighted by Gasteiger charge is 2.38. The average Bonchev–Trinajstić information content (AvgIpc) is 2.61. The molecule has 0 radical (unpaired) electrons. The van der Waals surface area contributed by atoms with Gasteiger partial charge in [-0.1, -0.05) is 24.3 Å². The highest BCUT2D eigenvalue weighted by atomic mass is 19.1. The molecule has 0 saturated heterocycles. The van der Waals surface area contributed by atoms with Gasteiger partial charge in [0.15, 0.2) is 0 Å². The van der Waals surface area contributed by atoms with Crippen LogP contribution < -0.4 is 0 Å². The number of fused-ring (bicyclic) bond motifs is 1. The Balaban J connectivity index is 2.42. The minimum Gasteiger partial charge on any atom is -0.269 e. The molecule has 3 nitrogen and oxygen atoms in total. The molecule has 1 aromatic carbocycles. The standard InChI is InChI=1S/C13H12FNO2/c1-2-5-9(8-14)15-12(16)10-6-3-4-7-11(10)13(15)17/h2-7,9H,8H2,1H3/b5-2+/t9-/m1/s1. The zero-order valence-corrected chi connectivity index (χ0v) is 9.39. The second-order valence-corrected chi connectivity index (χ2v) is 3.77. The molecule has 1 atom stereocenters. The maximum absolute atomic E-state index is 12.9.